The Kier molecular flexibility index (Phi) is 14.4. The summed E-state index contributed by atoms with van der Waals surface area (Å²) in [7, 11) is 1.79. The maximum absolute atomic E-state index is 9.34. The molecule has 0 radical (unpaired) electrons. The van der Waals surface area contributed by atoms with E-state index < -0.39 is 0 Å². The number of hydrogen-bond acceptors (Lipinski definition) is 2. The molecule has 0 aromatic rings. The van der Waals surface area contributed by atoms with Crippen LogP contribution in [-0.4, -0.2) is 25.4 Å². The molecular formula is C28H54O2. The van der Waals surface area contributed by atoms with Gasteiger partial charge in [0.25, 0.3) is 0 Å². The van der Waals surface area contributed by atoms with Crippen molar-refractivity contribution in [3.05, 3.63) is 0 Å². The molecule has 1 atom stereocenters. The highest BCUT2D eigenvalue weighted by Crippen LogP contribution is 2.38. The van der Waals surface area contributed by atoms with Gasteiger partial charge in [0.05, 0.1) is 0 Å². The Morgan fingerprint density at radius 2 is 1.17 bits per heavy atom. The smallest absolute Gasteiger partial charge is 0.0464 e. The van der Waals surface area contributed by atoms with Crippen molar-refractivity contribution in [2.24, 2.45) is 29.6 Å². The standard InChI is InChI=1S/C28H54O2/c1-3-4-5-8-24-11-13-25(14-12-24)9-6-7-10-26-15-17-27(18-16-26)23-28(19-21-29)20-22-30-2/h24-29H,3-23H2,1-2H3. The van der Waals surface area contributed by atoms with Gasteiger partial charge in [0.1, 0.15) is 0 Å². The number of methoxy groups -OCH3 is 1. The molecule has 2 heteroatoms. The van der Waals surface area contributed by atoms with Crippen molar-refractivity contribution in [2.45, 2.75) is 129 Å². The Morgan fingerprint density at radius 1 is 0.700 bits per heavy atom. The zero-order chi connectivity index (χ0) is 21.4. The lowest BCUT2D eigenvalue weighted by Crippen LogP contribution is -2.19. The summed E-state index contributed by atoms with van der Waals surface area (Å²) in [6.45, 7) is 3.51. The van der Waals surface area contributed by atoms with Crippen LogP contribution >= 0.6 is 0 Å². The van der Waals surface area contributed by atoms with Gasteiger partial charge < -0.3 is 9.84 Å². The Bertz CT molecular complexity index is 380. The predicted octanol–water partition coefficient (Wildman–Crippen LogP) is 8.17. The molecule has 178 valence electrons. The Balaban J connectivity index is 1.48. The third kappa shape index (κ3) is 11.0. The van der Waals surface area contributed by atoms with E-state index in [1.807, 2.05) is 0 Å². The van der Waals surface area contributed by atoms with Crippen molar-refractivity contribution < 1.29 is 9.84 Å². The molecule has 0 heterocycles. The van der Waals surface area contributed by atoms with E-state index in [4.69, 9.17) is 4.74 Å². The molecule has 2 rings (SSSR count). The minimum absolute atomic E-state index is 0.338. The van der Waals surface area contributed by atoms with Crippen LogP contribution in [0.1, 0.15) is 129 Å². The fourth-order valence-electron chi connectivity index (χ4n) is 6.43. The Morgan fingerprint density at radius 3 is 1.60 bits per heavy atom. The average molecular weight is 423 g/mol. The fourth-order valence-corrected chi connectivity index (χ4v) is 6.43. The van der Waals surface area contributed by atoms with Crippen LogP contribution in [0.15, 0.2) is 0 Å². The minimum atomic E-state index is 0.338. The summed E-state index contributed by atoms with van der Waals surface area (Å²) in [6, 6.07) is 0. The molecule has 2 aliphatic rings. The van der Waals surface area contributed by atoms with Crippen molar-refractivity contribution >= 4 is 0 Å². The summed E-state index contributed by atoms with van der Waals surface area (Å²) in [5.74, 6) is 4.69. The Labute approximate surface area is 188 Å². The van der Waals surface area contributed by atoms with Crippen molar-refractivity contribution in [3.63, 3.8) is 0 Å². The zero-order valence-corrected chi connectivity index (χ0v) is 20.6. The third-order valence-electron chi connectivity index (χ3n) is 8.56. The van der Waals surface area contributed by atoms with Gasteiger partial charge in [0.2, 0.25) is 0 Å². The molecule has 0 aromatic heterocycles. The highest BCUT2D eigenvalue weighted by Gasteiger charge is 2.24. The minimum Gasteiger partial charge on any atom is -0.396 e. The van der Waals surface area contributed by atoms with Gasteiger partial charge in [0, 0.05) is 20.3 Å². The van der Waals surface area contributed by atoms with Crippen molar-refractivity contribution in [2.75, 3.05) is 20.3 Å². The van der Waals surface area contributed by atoms with Crippen LogP contribution in [0.3, 0.4) is 0 Å². The Hall–Kier alpha value is -0.0800. The van der Waals surface area contributed by atoms with Crippen LogP contribution in [-0.2, 0) is 4.74 Å². The number of ether oxygens (including phenoxy) is 1. The second-order valence-corrected chi connectivity index (χ2v) is 10.9. The lowest BCUT2D eigenvalue weighted by molar-refractivity contribution is 0.144. The summed E-state index contributed by atoms with van der Waals surface area (Å²) in [5.41, 5.74) is 0. The molecule has 0 bridgehead atoms. The lowest BCUT2D eigenvalue weighted by Gasteiger charge is -2.31. The molecule has 2 fully saturated rings. The molecular weight excluding hydrogens is 368 g/mol. The van der Waals surface area contributed by atoms with Gasteiger partial charge in [-0.3, -0.25) is 0 Å². The van der Waals surface area contributed by atoms with Gasteiger partial charge in [-0.25, -0.2) is 0 Å². The number of aliphatic hydroxyl groups excluding tert-OH is 1. The molecule has 2 saturated carbocycles. The number of hydrogen-bond donors (Lipinski definition) is 1. The summed E-state index contributed by atoms with van der Waals surface area (Å²) < 4.78 is 5.27. The van der Waals surface area contributed by atoms with Crippen LogP contribution in [0.2, 0.25) is 0 Å². The van der Waals surface area contributed by atoms with Crippen LogP contribution in [0.5, 0.6) is 0 Å². The second-order valence-electron chi connectivity index (χ2n) is 10.9. The monoisotopic (exact) mass is 422 g/mol. The van der Waals surface area contributed by atoms with E-state index in [0.717, 1.165) is 43.1 Å². The number of aliphatic hydroxyl groups is 1. The van der Waals surface area contributed by atoms with Crippen LogP contribution in [0.4, 0.5) is 0 Å². The molecule has 0 aliphatic heterocycles. The molecule has 1 N–H and O–H groups in total. The summed E-state index contributed by atoms with van der Waals surface area (Å²) in [6.07, 6.45) is 27.1. The van der Waals surface area contributed by atoms with Gasteiger partial charge in [-0.15, -0.1) is 0 Å². The van der Waals surface area contributed by atoms with Crippen LogP contribution in [0.25, 0.3) is 0 Å². The molecule has 2 nitrogen and oxygen atoms in total. The lowest BCUT2D eigenvalue weighted by atomic mass is 9.75. The summed E-state index contributed by atoms with van der Waals surface area (Å²) in [5, 5.41) is 9.34. The van der Waals surface area contributed by atoms with Gasteiger partial charge in [-0.05, 0) is 48.9 Å². The predicted molar refractivity (Wildman–Crippen MR) is 130 cm³/mol. The van der Waals surface area contributed by atoms with Gasteiger partial charge in [-0.2, -0.15) is 0 Å². The van der Waals surface area contributed by atoms with Gasteiger partial charge in [-0.1, -0.05) is 110 Å². The first-order valence-electron chi connectivity index (χ1n) is 13.8. The molecule has 0 spiro atoms. The van der Waals surface area contributed by atoms with E-state index in [1.165, 1.54) is 109 Å². The largest absolute Gasteiger partial charge is 0.396 e. The van der Waals surface area contributed by atoms with E-state index in [-0.39, 0.29) is 0 Å². The molecule has 2 aliphatic carbocycles. The van der Waals surface area contributed by atoms with Gasteiger partial charge >= 0.3 is 0 Å². The normalized spacial score (nSPS) is 28.5. The van der Waals surface area contributed by atoms with E-state index in [2.05, 4.69) is 6.92 Å². The molecule has 0 amide bonds. The molecule has 0 saturated heterocycles. The van der Waals surface area contributed by atoms with Crippen molar-refractivity contribution in [3.8, 4) is 0 Å². The zero-order valence-electron chi connectivity index (χ0n) is 20.6. The first-order valence-corrected chi connectivity index (χ1v) is 13.8. The van der Waals surface area contributed by atoms with E-state index in [9.17, 15) is 5.11 Å². The SMILES string of the molecule is CCCCCC1CCC(CCCCC2CCC(CC(CCO)CCOC)CC2)CC1. The first-order chi connectivity index (χ1) is 14.7. The van der Waals surface area contributed by atoms with Gasteiger partial charge in [0.15, 0.2) is 0 Å². The first kappa shape index (κ1) is 26.2. The highest BCUT2D eigenvalue weighted by molar-refractivity contribution is 4.76. The summed E-state index contributed by atoms with van der Waals surface area (Å²) >= 11 is 0. The maximum Gasteiger partial charge on any atom is 0.0464 e. The average Bonchev–Trinajstić information content (AvgIpc) is 2.77. The van der Waals surface area contributed by atoms with E-state index in [0.29, 0.717) is 12.5 Å². The van der Waals surface area contributed by atoms with E-state index in [1.54, 1.807) is 7.11 Å². The van der Waals surface area contributed by atoms with E-state index >= 15 is 0 Å². The number of unbranched alkanes of at least 4 members (excludes halogenated alkanes) is 3. The second kappa shape index (κ2) is 16.5. The maximum atomic E-state index is 9.34. The van der Waals surface area contributed by atoms with Crippen LogP contribution in [0, 0.1) is 29.6 Å². The topological polar surface area (TPSA) is 29.5 Å². The molecule has 30 heavy (non-hydrogen) atoms. The van der Waals surface area contributed by atoms with Crippen molar-refractivity contribution in [1.82, 2.24) is 0 Å². The molecule has 0 aromatic carbocycles. The molecule has 1 unspecified atom stereocenters. The van der Waals surface area contributed by atoms with Crippen molar-refractivity contribution in [1.29, 1.82) is 0 Å². The highest BCUT2D eigenvalue weighted by atomic mass is 16.5. The quantitative estimate of drug-likeness (QED) is 0.254. The van der Waals surface area contributed by atoms with Crippen LogP contribution < -0.4 is 0 Å². The third-order valence-corrected chi connectivity index (χ3v) is 8.56. The number of rotatable bonds is 16. The summed E-state index contributed by atoms with van der Waals surface area (Å²) in [4.78, 5) is 0. The fraction of sp³-hybridized carbons (Fsp3) is 1.00.